The minimum absolute atomic E-state index is 0.0291. The number of ether oxygens (including phenoxy) is 1. The van der Waals surface area contributed by atoms with Gasteiger partial charge < -0.3 is 15.2 Å². The Labute approximate surface area is 145 Å². The highest BCUT2D eigenvalue weighted by molar-refractivity contribution is 7.17. The number of hydrogen-bond donors (Lipinski definition) is 3. The van der Waals surface area contributed by atoms with Crippen molar-refractivity contribution in [3.05, 3.63) is 35.7 Å². The Morgan fingerprint density at radius 3 is 2.88 bits per heavy atom. The lowest BCUT2D eigenvalue weighted by Crippen LogP contribution is -2.42. The quantitative estimate of drug-likeness (QED) is 0.640. The maximum Gasteiger partial charge on any atom is 0.128 e. The molecule has 0 radical (unpaired) electrons. The van der Waals surface area contributed by atoms with Gasteiger partial charge in [0.05, 0.1) is 10.2 Å². The van der Waals surface area contributed by atoms with Crippen LogP contribution in [0.25, 0.3) is 21.5 Å². The summed E-state index contributed by atoms with van der Waals surface area (Å²) in [4.78, 5) is 0. The molecular formula is C18H23N3O2S. The maximum absolute atomic E-state index is 10.1. The van der Waals surface area contributed by atoms with E-state index >= 15 is 0 Å². The summed E-state index contributed by atoms with van der Waals surface area (Å²) in [5.41, 5.74) is 2.82. The number of nitrogens with one attached hydrogen (secondary N) is 2. The van der Waals surface area contributed by atoms with Gasteiger partial charge in [-0.25, -0.2) is 0 Å². The molecule has 1 aromatic carbocycles. The molecule has 1 atom stereocenters. The standard InChI is InChI=1S/C18H23N3O2S/c1-18(2,3)19-10-12(22)11-23-15-7-5-4-6-13(15)16-17-14(20-21-16)8-9-24-17/h4-9,12,19,22H,10-11H2,1-3H3,(H,20,21). The summed E-state index contributed by atoms with van der Waals surface area (Å²) in [7, 11) is 0. The molecule has 0 saturated heterocycles. The van der Waals surface area contributed by atoms with Crippen LogP contribution in [-0.4, -0.2) is 40.1 Å². The number of aromatic amines is 1. The molecule has 128 valence electrons. The lowest BCUT2D eigenvalue weighted by molar-refractivity contribution is 0.100. The number of benzene rings is 1. The summed E-state index contributed by atoms with van der Waals surface area (Å²) < 4.78 is 6.99. The summed E-state index contributed by atoms with van der Waals surface area (Å²) in [6.45, 7) is 6.93. The molecule has 0 saturated carbocycles. The third kappa shape index (κ3) is 3.95. The van der Waals surface area contributed by atoms with Crippen LogP contribution in [0, 0.1) is 0 Å². The lowest BCUT2D eigenvalue weighted by atomic mass is 10.1. The van der Waals surface area contributed by atoms with Crippen LogP contribution in [-0.2, 0) is 0 Å². The second kappa shape index (κ2) is 6.93. The van der Waals surface area contributed by atoms with Crippen molar-refractivity contribution in [3.63, 3.8) is 0 Å². The van der Waals surface area contributed by atoms with Gasteiger partial charge >= 0.3 is 0 Å². The molecule has 0 bridgehead atoms. The van der Waals surface area contributed by atoms with Crippen molar-refractivity contribution in [2.75, 3.05) is 13.2 Å². The smallest absolute Gasteiger partial charge is 0.128 e. The topological polar surface area (TPSA) is 70.2 Å². The molecule has 0 amide bonds. The van der Waals surface area contributed by atoms with Gasteiger partial charge in [-0.05, 0) is 44.4 Å². The second-order valence-electron chi connectivity index (χ2n) is 6.83. The molecule has 3 aromatic rings. The average Bonchev–Trinajstić information content (AvgIpc) is 3.14. The van der Waals surface area contributed by atoms with Crippen LogP contribution < -0.4 is 10.1 Å². The van der Waals surface area contributed by atoms with E-state index < -0.39 is 6.10 Å². The van der Waals surface area contributed by atoms with Crippen LogP contribution in [0.2, 0.25) is 0 Å². The molecule has 5 nitrogen and oxygen atoms in total. The second-order valence-corrected chi connectivity index (χ2v) is 7.74. The van der Waals surface area contributed by atoms with Crippen molar-refractivity contribution in [2.45, 2.75) is 32.4 Å². The Hall–Kier alpha value is -1.89. The Balaban J connectivity index is 1.72. The number of β-amino-alcohol motifs (C(OH)–C–C–N with tert-alkyl or cyclic N) is 1. The third-order valence-electron chi connectivity index (χ3n) is 3.61. The maximum atomic E-state index is 10.1. The van der Waals surface area contributed by atoms with Gasteiger partial charge in [0.15, 0.2) is 0 Å². The van der Waals surface area contributed by atoms with E-state index in [1.807, 2.05) is 35.7 Å². The van der Waals surface area contributed by atoms with E-state index in [2.05, 4.69) is 36.3 Å². The molecule has 1 unspecified atom stereocenters. The number of para-hydroxylation sites is 1. The molecule has 0 aliphatic heterocycles. The first-order valence-corrected chi connectivity index (χ1v) is 8.89. The highest BCUT2D eigenvalue weighted by Crippen LogP contribution is 2.35. The molecule has 3 N–H and O–H groups in total. The van der Waals surface area contributed by atoms with E-state index in [1.165, 1.54) is 0 Å². The fraction of sp³-hybridized carbons (Fsp3) is 0.389. The molecular weight excluding hydrogens is 322 g/mol. The van der Waals surface area contributed by atoms with Gasteiger partial charge in [-0.2, -0.15) is 5.10 Å². The fourth-order valence-electron chi connectivity index (χ4n) is 2.39. The van der Waals surface area contributed by atoms with E-state index in [0.29, 0.717) is 6.54 Å². The number of thiophene rings is 1. The van der Waals surface area contributed by atoms with Gasteiger partial charge in [-0.15, -0.1) is 11.3 Å². The summed E-state index contributed by atoms with van der Waals surface area (Å²) >= 11 is 1.65. The van der Waals surface area contributed by atoms with Crippen LogP contribution in [0.4, 0.5) is 0 Å². The van der Waals surface area contributed by atoms with E-state index in [-0.39, 0.29) is 12.1 Å². The molecule has 0 spiro atoms. The molecule has 24 heavy (non-hydrogen) atoms. The van der Waals surface area contributed by atoms with Crippen LogP contribution in [0.15, 0.2) is 35.7 Å². The fourth-order valence-corrected chi connectivity index (χ4v) is 3.24. The minimum atomic E-state index is -0.571. The summed E-state index contributed by atoms with van der Waals surface area (Å²) in [5, 5.41) is 22.9. The Morgan fingerprint density at radius 2 is 2.08 bits per heavy atom. The Morgan fingerprint density at radius 1 is 1.29 bits per heavy atom. The summed E-state index contributed by atoms with van der Waals surface area (Å²) in [6.07, 6.45) is -0.571. The molecule has 0 aliphatic rings. The average molecular weight is 345 g/mol. The number of H-pyrrole nitrogens is 1. The predicted octanol–water partition coefficient (Wildman–Crippen LogP) is 3.42. The molecule has 6 heteroatoms. The highest BCUT2D eigenvalue weighted by Gasteiger charge is 2.16. The molecule has 2 heterocycles. The number of hydrogen-bond acceptors (Lipinski definition) is 5. The van der Waals surface area contributed by atoms with E-state index in [1.54, 1.807) is 11.3 Å². The van der Waals surface area contributed by atoms with Crippen molar-refractivity contribution in [1.29, 1.82) is 0 Å². The van der Waals surface area contributed by atoms with Crippen LogP contribution in [0.3, 0.4) is 0 Å². The van der Waals surface area contributed by atoms with Crippen LogP contribution in [0.1, 0.15) is 20.8 Å². The Kier molecular flexibility index (Phi) is 4.89. The summed E-state index contributed by atoms with van der Waals surface area (Å²) in [6, 6.07) is 9.81. The van der Waals surface area contributed by atoms with Crippen molar-refractivity contribution in [2.24, 2.45) is 0 Å². The van der Waals surface area contributed by atoms with Gasteiger partial charge in [0.25, 0.3) is 0 Å². The lowest BCUT2D eigenvalue weighted by Gasteiger charge is -2.23. The molecule has 3 rings (SSSR count). The number of rotatable bonds is 6. The van der Waals surface area contributed by atoms with Gasteiger partial charge in [0.2, 0.25) is 0 Å². The highest BCUT2D eigenvalue weighted by atomic mass is 32.1. The summed E-state index contributed by atoms with van der Waals surface area (Å²) in [5.74, 6) is 0.731. The first kappa shape index (κ1) is 17.0. The normalized spacial score (nSPS) is 13.3. The monoisotopic (exact) mass is 345 g/mol. The van der Waals surface area contributed by atoms with Crippen molar-refractivity contribution in [1.82, 2.24) is 15.5 Å². The molecule has 0 fully saturated rings. The number of fused-ring (bicyclic) bond motifs is 1. The van der Waals surface area contributed by atoms with Crippen molar-refractivity contribution >= 4 is 21.6 Å². The zero-order valence-electron chi connectivity index (χ0n) is 14.2. The third-order valence-corrected chi connectivity index (χ3v) is 4.53. The van der Waals surface area contributed by atoms with Gasteiger partial charge in [-0.1, -0.05) is 12.1 Å². The van der Waals surface area contributed by atoms with Gasteiger partial charge in [0, 0.05) is 17.6 Å². The van der Waals surface area contributed by atoms with E-state index in [9.17, 15) is 5.11 Å². The number of aromatic nitrogens is 2. The van der Waals surface area contributed by atoms with Crippen LogP contribution in [0.5, 0.6) is 5.75 Å². The molecule has 2 aromatic heterocycles. The van der Waals surface area contributed by atoms with Crippen molar-refractivity contribution in [3.8, 4) is 17.0 Å². The van der Waals surface area contributed by atoms with Gasteiger partial charge in [-0.3, -0.25) is 5.10 Å². The first-order chi connectivity index (χ1) is 11.4. The zero-order valence-corrected chi connectivity index (χ0v) is 15.0. The largest absolute Gasteiger partial charge is 0.490 e. The van der Waals surface area contributed by atoms with Crippen molar-refractivity contribution < 1.29 is 9.84 Å². The zero-order chi connectivity index (χ0) is 17.2. The number of aliphatic hydroxyl groups excluding tert-OH is 1. The van der Waals surface area contributed by atoms with Crippen LogP contribution >= 0.6 is 11.3 Å². The van der Waals surface area contributed by atoms with E-state index in [4.69, 9.17) is 4.74 Å². The number of nitrogens with zero attached hydrogens (tertiary/aromatic N) is 1. The Bertz CT molecular complexity index is 804. The van der Waals surface area contributed by atoms with E-state index in [0.717, 1.165) is 27.2 Å². The number of aliphatic hydroxyl groups is 1. The van der Waals surface area contributed by atoms with Gasteiger partial charge in [0.1, 0.15) is 24.2 Å². The minimum Gasteiger partial charge on any atom is -0.490 e. The molecule has 0 aliphatic carbocycles. The first-order valence-electron chi connectivity index (χ1n) is 8.01. The SMILES string of the molecule is CC(C)(C)NCC(O)COc1ccccc1-c1n[nH]c2ccsc12. The predicted molar refractivity (Wildman–Crippen MR) is 98.7 cm³/mol.